The fraction of sp³-hybridized carbons (Fsp3) is 0.233. The zero-order valence-corrected chi connectivity index (χ0v) is 21.8. The lowest BCUT2D eigenvalue weighted by atomic mass is 10.0. The number of hydrogen-bond acceptors (Lipinski definition) is 5. The van der Waals surface area contributed by atoms with E-state index in [4.69, 9.17) is 9.47 Å². The normalized spacial score (nSPS) is 16.0. The van der Waals surface area contributed by atoms with Crippen LogP contribution in [0.4, 0.5) is 5.69 Å². The quantitative estimate of drug-likeness (QED) is 0.247. The molecule has 1 amide bonds. The molecule has 5 nitrogen and oxygen atoms in total. The molecule has 0 radical (unpaired) electrons. The van der Waals surface area contributed by atoms with Gasteiger partial charge in [-0.25, -0.2) is 0 Å². The maximum atomic E-state index is 12.7. The third-order valence-corrected chi connectivity index (χ3v) is 6.92. The van der Waals surface area contributed by atoms with Crippen molar-refractivity contribution in [3.63, 3.8) is 0 Å². The Labute approximate surface area is 217 Å². The number of rotatable bonds is 10. The van der Waals surface area contributed by atoms with E-state index in [2.05, 4.69) is 55.3 Å². The molecule has 0 aliphatic carbocycles. The fourth-order valence-corrected chi connectivity index (χ4v) is 5.04. The largest absolute Gasteiger partial charge is 0.493 e. The standard InChI is InChI=1S/C30H32N2O3S/c1-5-8-24-16-23(17-26(34-4)28(24)35-19-22-10-7-9-20(3)15-22)18-27-29(33)32-30(36-27)31-25-13-11-21(6-2)12-14-25/h5,7,9-18,30-31H,1,6,8,19H2,2-4H3,(H,32,33)/b27-18-/t30-/m0/s1. The molecule has 6 heteroatoms. The van der Waals surface area contributed by atoms with Crippen LogP contribution in [0, 0.1) is 6.92 Å². The average molecular weight is 501 g/mol. The smallest absolute Gasteiger partial charge is 0.260 e. The average Bonchev–Trinajstić information content (AvgIpc) is 3.21. The van der Waals surface area contributed by atoms with Crippen LogP contribution >= 0.6 is 11.8 Å². The van der Waals surface area contributed by atoms with Gasteiger partial charge in [0, 0.05) is 11.3 Å². The Kier molecular flexibility index (Phi) is 8.39. The van der Waals surface area contributed by atoms with Gasteiger partial charge in [0.2, 0.25) is 0 Å². The van der Waals surface area contributed by atoms with E-state index in [1.165, 1.54) is 22.9 Å². The van der Waals surface area contributed by atoms with Crippen molar-refractivity contribution in [2.75, 3.05) is 12.4 Å². The summed E-state index contributed by atoms with van der Waals surface area (Å²) < 4.78 is 11.9. The van der Waals surface area contributed by atoms with Crippen LogP contribution in [0.25, 0.3) is 6.08 Å². The van der Waals surface area contributed by atoms with E-state index in [0.29, 0.717) is 29.4 Å². The number of anilines is 1. The van der Waals surface area contributed by atoms with Gasteiger partial charge >= 0.3 is 0 Å². The Morgan fingerprint density at radius 3 is 2.61 bits per heavy atom. The first-order valence-electron chi connectivity index (χ1n) is 12.0. The Balaban J connectivity index is 1.53. The van der Waals surface area contributed by atoms with E-state index in [1.807, 2.05) is 48.6 Å². The van der Waals surface area contributed by atoms with E-state index in [9.17, 15) is 4.79 Å². The van der Waals surface area contributed by atoms with Crippen molar-refractivity contribution >= 4 is 29.4 Å². The number of thioether (sulfide) groups is 1. The van der Waals surface area contributed by atoms with Crippen molar-refractivity contribution in [2.24, 2.45) is 0 Å². The topological polar surface area (TPSA) is 59.6 Å². The Morgan fingerprint density at radius 1 is 1.11 bits per heavy atom. The van der Waals surface area contributed by atoms with E-state index in [-0.39, 0.29) is 11.4 Å². The van der Waals surface area contributed by atoms with Gasteiger partial charge in [-0.05, 0) is 66.8 Å². The Bertz CT molecular complexity index is 1270. The third-order valence-electron chi connectivity index (χ3n) is 5.89. The Morgan fingerprint density at radius 2 is 1.92 bits per heavy atom. The van der Waals surface area contributed by atoms with E-state index in [1.54, 1.807) is 7.11 Å². The van der Waals surface area contributed by atoms with Gasteiger partial charge in [0.05, 0.1) is 12.0 Å². The highest BCUT2D eigenvalue weighted by molar-refractivity contribution is 8.05. The molecule has 186 valence electrons. The maximum absolute atomic E-state index is 12.7. The van der Waals surface area contributed by atoms with Crippen LogP contribution in [0.15, 0.2) is 78.2 Å². The number of benzene rings is 3. The van der Waals surface area contributed by atoms with Gasteiger partial charge in [-0.3, -0.25) is 4.79 Å². The van der Waals surface area contributed by atoms with Gasteiger partial charge in [0.15, 0.2) is 17.0 Å². The molecule has 1 fully saturated rings. The summed E-state index contributed by atoms with van der Waals surface area (Å²) in [4.78, 5) is 13.3. The molecule has 0 bridgehead atoms. The summed E-state index contributed by atoms with van der Waals surface area (Å²) in [5.74, 6) is 1.22. The molecular weight excluding hydrogens is 468 g/mol. The number of nitrogens with one attached hydrogen (secondary N) is 2. The van der Waals surface area contributed by atoms with Crippen LogP contribution in [0.5, 0.6) is 11.5 Å². The second kappa shape index (κ2) is 11.9. The Hall–Kier alpha value is -3.64. The third kappa shape index (κ3) is 6.32. The number of amides is 1. The number of methoxy groups -OCH3 is 1. The summed E-state index contributed by atoms with van der Waals surface area (Å²) in [6, 6.07) is 20.4. The molecule has 1 aliphatic rings. The lowest BCUT2D eigenvalue weighted by molar-refractivity contribution is -0.116. The van der Waals surface area contributed by atoms with E-state index < -0.39 is 0 Å². The van der Waals surface area contributed by atoms with Crippen LogP contribution in [-0.4, -0.2) is 18.5 Å². The molecule has 4 rings (SSSR count). The molecule has 0 saturated carbocycles. The summed E-state index contributed by atoms with van der Waals surface area (Å²) in [6.45, 7) is 8.53. The monoisotopic (exact) mass is 500 g/mol. The molecule has 0 unspecified atom stereocenters. The number of allylic oxidation sites excluding steroid dienone is 1. The van der Waals surface area contributed by atoms with Crippen molar-refractivity contribution in [1.29, 1.82) is 0 Å². The predicted molar refractivity (Wildman–Crippen MR) is 149 cm³/mol. The van der Waals surface area contributed by atoms with Crippen molar-refractivity contribution in [1.82, 2.24) is 5.32 Å². The molecule has 2 N–H and O–H groups in total. The van der Waals surface area contributed by atoms with Crippen molar-refractivity contribution in [2.45, 2.75) is 38.8 Å². The molecule has 0 aromatic heterocycles. The van der Waals surface area contributed by atoms with Crippen molar-refractivity contribution in [3.05, 3.63) is 106 Å². The van der Waals surface area contributed by atoms with E-state index in [0.717, 1.165) is 28.8 Å². The van der Waals surface area contributed by atoms with Gasteiger partial charge < -0.3 is 20.1 Å². The molecular formula is C30H32N2O3S. The molecule has 0 spiro atoms. The van der Waals surface area contributed by atoms with Gasteiger partial charge in [-0.2, -0.15) is 0 Å². The zero-order chi connectivity index (χ0) is 25.5. The summed E-state index contributed by atoms with van der Waals surface area (Å²) in [7, 11) is 1.63. The molecule has 1 aliphatic heterocycles. The number of ether oxygens (including phenoxy) is 2. The number of carbonyl (C=O) groups excluding carboxylic acids is 1. The molecule has 1 heterocycles. The van der Waals surface area contributed by atoms with Crippen molar-refractivity contribution in [3.8, 4) is 11.5 Å². The second-order valence-corrected chi connectivity index (χ2v) is 9.80. The number of carbonyl (C=O) groups is 1. The highest BCUT2D eigenvalue weighted by Crippen LogP contribution is 2.37. The number of hydrogen-bond donors (Lipinski definition) is 2. The van der Waals surface area contributed by atoms with Gasteiger partial charge in [-0.15, -0.1) is 6.58 Å². The second-order valence-electron chi connectivity index (χ2n) is 8.66. The van der Waals surface area contributed by atoms with Crippen molar-refractivity contribution < 1.29 is 14.3 Å². The first kappa shape index (κ1) is 25.5. The highest BCUT2D eigenvalue weighted by atomic mass is 32.2. The highest BCUT2D eigenvalue weighted by Gasteiger charge is 2.27. The summed E-state index contributed by atoms with van der Waals surface area (Å²) in [6.07, 6.45) is 5.34. The molecule has 3 aromatic rings. The first-order valence-corrected chi connectivity index (χ1v) is 12.9. The minimum absolute atomic E-state index is 0.105. The SMILES string of the molecule is C=CCc1cc(/C=C2\S[C@@H](Nc3ccc(CC)cc3)NC2=O)cc(OC)c1OCc1cccc(C)c1. The predicted octanol–water partition coefficient (Wildman–Crippen LogP) is 6.47. The minimum Gasteiger partial charge on any atom is -0.493 e. The first-order chi connectivity index (χ1) is 17.5. The minimum atomic E-state index is -0.234. The summed E-state index contributed by atoms with van der Waals surface area (Å²) in [5.41, 5.74) is 6.12. The lowest BCUT2D eigenvalue weighted by Gasteiger charge is -2.16. The molecule has 3 aromatic carbocycles. The van der Waals surface area contributed by atoms with Gasteiger partial charge in [-0.1, -0.05) is 66.7 Å². The zero-order valence-electron chi connectivity index (χ0n) is 21.0. The molecule has 36 heavy (non-hydrogen) atoms. The summed E-state index contributed by atoms with van der Waals surface area (Å²) in [5, 5.41) is 6.37. The van der Waals surface area contributed by atoms with Crippen LogP contribution in [0.3, 0.4) is 0 Å². The fourth-order valence-electron chi connectivity index (χ4n) is 4.05. The van der Waals surface area contributed by atoms with Crippen LogP contribution in [0.1, 0.15) is 34.7 Å². The van der Waals surface area contributed by atoms with Crippen LogP contribution in [0.2, 0.25) is 0 Å². The molecule has 1 saturated heterocycles. The van der Waals surface area contributed by atoms with Crippen LogP contribution < -0.4 is 20.1 Å². The van der Waals surface area contributed by atoms with E-state index >= 15 is 0 Å². The lowest BCUT2D eigenvalue weighted by Crippen LogP contribution is -2.30. The molecule has 1 atom stereocenters. The van der Waals surface area contributed by atoms with Gasteiger partial charge in [0.1, 0.15) is 6.61 Å². The van der Waals surface area contributed by atoms with Crippen LogP contribution in [-0.2, 0) is 24.2 Å². The maximum Gasteiger partial charge on any atom is 0.260 e. The van der Waals surface area contributed by atoms with Gasteiger partial charge in [0.25, 0.3) is 5.91 Å². The number of aryl methyl sites for hydroxylation is 2. The summed E-state index contributed by atoms with van der Waals surface area (Å²) >= 11 is 1.46.